The molecule has 4 heteroatoms. The Morgan fingerprint density at radius 3 is 3.10 bits per heavy atom. The number of aromatic nitrogens is 2. The highest BCUT2D eigenvalue weighted by Gasteiger charge is 2.20. The molecule has 0 saturated carbocycles. The van der Waals surface area contributed by atoms with Gasteiger partial charge in [-0.3, -0.25) is 4.79 Å². The first-order chi connectivity index (χ1) is 9.79. The molecule has 0 spiro atoms. The molecule has 104 valence electrons. The van der Waals surface area contributed by atoms with Crippen molar-refractivity contribution in [2.45, 2.75) is 38.8 Å². The molecule has 0 amide bonds. The van der Waals surface area contributed by atoms with E-state index in [0.29, 0.717) is 12.4 Å². The molecule has 1 unspecified atom stereocenters. The lowest BCUT2D eigenvalue weighted by molar-refractivity contribution is 0.595. The van der Waals surface area contributed by atoms with E-state index in [9.17, 15) is 4.79 Å². The van der Waals surface area contributed by atoms with Gasteiger partial charge in [0.05, 0.1) is 6.04 Å². The number of nitrogens with zero attached hydrogens (tertiary/aromatic N) is 2. The minimum atomic E-state index is -0.0435. The average molecular weight is 269 g/mol. The summed E-state index contributed by atoms with van der Waals surface area (Å²) in [6.45, 7) is 2.62. The number of fused-ring (bicyclic) bond motifs is 1. The van der Waals surface area contributed by atoms with Gasteiger partial charge in [0.15, 0.2) is 5.82 Å². The van der Waals surface area contributed by atoms with Crippen LogP contribution in [0.15, 0.2) is 41.5 Å². The Labute approximate surface area is 118 Å². The van der Waals surface area contributed by atoms with E-state index < -0.39 is 0 Å². The molecule has 0 fully saturated rings. The number of rotatable bonds is 3. The lowest BCUT2D eigenvalue weighted by atomic mass is 9.88. The molecule has 2 aromatic rings. The van der Waals surface area contributed by atoms with E-state index in [1.54, 1.807) is 17.0 Å². The second kappa shape index (κ2) is 5.49. The summed E-state index contributed by atoms with van der Waals surface area (Å²) in [7, 11) is 0. The fourth-order valence-corrected chi connectivity index (χ4v) is 2.86. The summed E-state index contributed by atoms with van der Waals surface area (Å²) >= 11 is 0. The summed E-state index contributed by atoms with van der Waals surface area (Å²) in [5, 5.41) is 3.34. The molecule has 1 aliphatic carbocycles. The highest BCUT2D eigenvalue weighted by atomic mass is 16.1. The fourth-order valence-electron chi connectivity index (χ4n) is 2.86. The van der Waals surface area contributed by atoms with Crippen LogP contribution in [0, 0.1) is 0 Å². The summed E-state index contributed by atoms with van der Waals surface area (Å²) in [5.74, 6) is 0.455. The molecule has 20 heavy (non-hydrogen) atoms. The first kappa shape index (κ1) is 12.9. The Balaban J connectivity index is 1.92. The topological polar surface area (TPSA) is 46.9 Å². The molecule has 0 aliphatic heterocycles. The van der Waals surface area contributed by atoms with Gasteiger partial charge in [0.1, 0.15) is 0 Å². The van der Waals surface area contributed by atoms with E-state index in [1.165, 1.54) is 11.1 Å². The molecule has 0 bridgehead atoms. The number of aryl methyl sites for hydroxylation is 2. The Hall–Kier alpha value is -2.10. The Morgan fingerprint density at radius 1 is 1.40 bits per heavy atom. The van der Waals surface area contributed by atoms with Gasteiger partial charge < -0.3 is 9.88 Å². The molecule has 1 atom stereocenters. The average Bonchev–Trinajstić information content (AvgIpc) is 2.50. The Kier molecular flexibility index (Phi) is 3.54. The van der Waals surface area contributed by atoms with Gasteiger partial charge in [-0.25, -0.2) is 4.98 Å². The summed E-state index contributed by atoms with van der Waals surface area (Å²) in [6, 6.07) is 8.64. The van der Waals surface area contributed by atoms with Crippen molar-refractivity contribution < 1.29 is 0 Å². The van der Waals surface area contributed by atoms with Crippen LogP contribution in [0.5, 0.6) is 0 Å². The van der Waals surface area contributed by atoms with Crippen molar-refractivity contribution in [1.82, 2.24) is 9.55 Å². The van der Waals surface area contributed by atoms with Gasteiger partial charge in [0.2, 0.25) is 0 Å². The van der Waals surface area contributed by atoms with Crippen LogP contribution >= 0.6 is 0 Å². The third-order valence-electron chi connectivity index (χ3n) is 3.93. The fraction of sp³-hybridized carbons (Fsp3) is 0.375. The van der Waals surface area contributed by atoms with Gasteiger partial charge in [-0.05, 0) is 37.3 Å². The maximum absolute atomic E-state index is 12.2. The third-order valence-corrected chi connectivity index (χ3v) is 3.93. The van der Waals surface area contributed by atoms with Gasteiger partial charge in [0.25, 0.3) is 5.56 Å². The first-order valence-electron chi connectivity index (χ1n) is 7.19. The predicted octanol–water partition coefficient (Wildman–Crippen LogP) is 2.75. The van der Waals surface area contributed by atoms with Crippen molar-refractivity contribution >= 4 is 5.82 Å². The van der Waals surface area contributed by atoms with Gasteiger partial charge in [0, 0.05) is 18.9 Å². The van der Waals surface area contributed by atoms with Crippen molar-refractivity contribution in [3.05, 3.63) is 58.1 Å². The van der Waals surface area contributed by atoms with Crippen LogP contribution in [-0.2, 0) is 13.0 Å². The number of hydrogen-bond acceptors (Lipinski definition) is 3. The molecule has 0 saturated heterocycles. The van der Waals surface area contributed by atoms with Crippen molar-refractivity contribution in [1.29, 1.82) is 0 Å². The Bertz CT molecular complexity index is 663. The summed E-state index contributed by atoms with van der Waals surface area (Å²) < 4.78 is 1.67. The first-order valence-corrected chi connectivity index (χ1v) is 7.19. The maximum atomic E-state index is 12.2. The number of hydrogen-bond donors (Lipinski definition) is 1. The normalized spacial score (nSPS) is 17.6. The molecule has 0 radical (unpaired) electrons. The van der Waals surface area contributed by atoms with Crippen LogP contribution in [0.4, 0.5) is 5.82 Å². The van der Waals surface area contributed by atoms with Crippen molar-refractivity contribution in [3.63, 3.8) is 0 Å². The summed E-state index contributed by atoms with van der Waals surface area (Å²) in [6.07, 6.45) is 6.71. The van der Waals surface area contributed by atoms with Crippen LogP contribution in [0.3, 0.4) is 0 Å². The predicted molar refractivity (Wildman–Crippen MR) is 79.9 cm³/mol. The molecular weight excluding hydrogens is 250 g/mol. The number of nitrogens with one attached hydrogen (secondary N) is 1. The van der Waals surface area contributed by atoms with Crippen LogP contribution < -0.4 is 10.9 Å². The molecule has 1 aliphatic rings. The van der Waals surface area contributed by atoms with Crippen LogP contribution in [0.2, 0.25) is 0 Å². The number of anilines is 1. The molecular formula is C16H19N3O. The minimum Gasteiger partial charge on any atom is -0.359 e. The zero-order chi connectivity index (χ0) is 13.9. The monoisotopic (exact) mass is 269 g/mol. The van der Waals surface area contributed by atoms with Crippen LogP contribution in [0.1, 0.15) is 36.9 Å². The number of benzene rings is 1. The van der Waals surface area contributed by atoms with E-state index in [2.05, 4.69) is 34.6 Å². The van der Waals surface area contributed by atoms with Gasteiger partial charge >= 0.3 is 0 Å². The molecule has 1 N–H and O–H groups in total. The van der Waals surface area contributed by atoms with Gasteiger partial charge in [-0.2, -0.15) is 0 Å². The summed E-state index contributed by atoms with van der Waals surface area (Å²) in [4.78, 5) is 16.4. The molecule has 1 heterocycles. The standard InChI is InChI=1S/C16H19N3O/c1-2-19-11-10-17-15(16(19)20)18-14-9-5-7-12-6-3-4-8-13(12)14/h3-4,6,8,10-11,14H,2,5,7,9H2,1H3,(H,17,18). The van der Waals surface area contributed by atoms with Crippen LogP contribution in [0.25, 0.3) is 0 Å². The maximum Gasteiger partial charge on any atom is 0.293 e. The van der Waals surface area contributed by atoms with E-state index in [4.69, 9.17) is 0 Å². The highest BCUT2D eigenvalue weighted by Crippen LogP contribution is 2.31. The molecule has 1 aromatic heterocycles. The van der Waals surface area contributed by atoms with Crippen molar-refractivity contribution in [3.8, 4) is 0 Å². The van der Waals surface area contributed by atoms with E-state index >= 15 is 0 Å². The van der Waals surface area contributed by atoms with Gasteiger partial charge in [-0.15, -0.1) is 0 Å². The lowest BCUT2D eigenvalue weighted by Crippen LogP contribution is -2.27. The lowest BCUT2D eigenvalue weighted by Gasteiger charge is -2.26. The van der Waals surface area contributed by atoms with E-state index in [1.807, 2.05) is 6.92 Å². The largest absolute Gasteiger partial charge is 0.359 e. The molecule has 1 aromatic carbocycles. The van der Waals surface area contributed by atoms with Crippen LogP contribution in [-0.4, -0.2) is 9.55 Å². The minimum absolute atomic E-state index is 0.0435. The smallest absolute Gasteiger partial charge is 0.293 e. The molecule has 3 rings (SSSR count). The zero-order valence-corrected chi connectivity index (χ0v) is 11.7. The van der Waals surface area contributed by atoms with E-state index in [-0.39, 0.29) is 11.6 Å². The van der Waals surface area contributed by atoms with Gasteiger partial charge in [-0.1, -0.05) is 24.3 Å². The zero-order valence-electron chi connectivity index (χ0n) is 11.7. The molecule has 4 nitrogen and oxygen atoms in total. The van der Waals surface area contributed by atoms with E-state index in [0.717, 1.165) is 19.3 Å². The third kappa shape index (κ3) is 2.33. The second-order valence-corrected chi connectivity index (χ2v) is 5.15. The quantitative estimate of drug-likeness (QED) is 0.932. The highest BCUT2D eigenvalue weighted by molar-refractivity contribution is 5.40. The Morgan fingerprint density at radius 2 is 2.25 bits per heavy atom. The second-order valence-electron chi connectivity index (χ2n) is 5.15. The SMILES string of the molecule is CCn1ccnc(NC2CCCc3ccccc32)c1=O. The summed E-state index contributed by atoms with van der Waals surface area (Å²) in [5.41, 5.74) is 2.63. The van der Waals surface area contributed by atoms with Crippen molar-refractivity contribution in [2.24, 2.45) is 0 Å². The van der Waals surface area contributed by atoms with Crippen molar-refractivity contribution in [2.75, 3.05) is 5.32 Å².